The van der Waals surface area contributed by atoms with Crippen molar-refractivity contribution in [2.75, 3.05) is 0 Å². The van der Waals surface area contributed by atoms with E-state index in [1.54, 1.807) is 0 Å². The standard InChI is InChI=1S/C40H30N2S/c1-2-11-26(12-3-1)35-23-24-37(42-35)36-19-10-18-34(41-36)27-21-22-33-39(25-27)43-38-20-9-8-17-32(38)40(33)30-15-6-4-13-28(30)29-14-5-7-16-31(29)40/h1-25,28,30,35-36,41H. The maximum atomic E-state index is 5.06. The molecule has 0 saturated carbocycles. The van der Waals surface area contributed by atoms with Gasteiger partial charge in [0.05, 0.1) is 23.2 Å². The summed E-state index contributed by atoms with van der Waals surface area (Å²) in [6.07, 6.45) is 20.3. The third-order valence-electron chi connectivity index (χ3n) is 9.70. The van der Waals surface area contributed by atoms with Crippen molar-refractivity contribution in [3.05, 3.63) is 185 Å². The maximum absolute atomic E-state index is 5.06. The van der Waals surface area contributed by atoms with Crippen LogP contribution in [0.15, 0.2) is 167 Å². The Kier molecular flexibility index (Phi) is 5.64. The number of nitrogens with zero attached hydrogens (tertiary/aromatic N) is 1. The lowest BCUT2D eigenvalue weighted by Gasteiger charge is -2.43. The normalized spacial score (nSPS) is 27.2. The summed E-state index contributed by atoms with van der Waals surface area (Å²) in [6, 6.07) is 36.0. The zero-order chi connectivity index (χ0) is 28.4. The number of nitrogens with one attached hydrogen (secondary N) is 1. The third-order valence-corrected chi connectivity index (χ3v) is 10.8. The van der Waals surface area contributed by atoms with Crippen LogP contribution >= 0.6 is 11.8 Å². The van der Waals surface area contributed by atoms with Crippen LogP contribution in [0.5, 0.6) is 0 Å². The minimum Gasteiger partial charge on any atom is -0.373 e. The number of dihydropyridines is 1. The van der Waals surface area contributed by atoms with Crippen LogP contribution in [0.4, 0.5) is 0 Å². The van der Waals surface area contributed by atoms with Gasteiger partial charge in [-0.05, 0) is 57.7 Å². The van der Waals surface area contributed by atoms with E-state index in [2.05, 4.69) is 157 Å². The summed E-state index contributed by atoms with van der Waals surface area (Å²) in [5.74, 6) is 0.712. The van der Waals surface area contributed by atoms with Crippen LogP contribution in [-0.4, -0.2) is 11.8 Å². The van der Waals surface area contributed by atoms with Crippen LogP contribution in [0, 0.1) is 5.92 Å². The van der Waals surface area contributed by atoms with Gasteiger partial charge in [-0.1, -0.05) is 139 Å². The van der Waals surface area contributed by atoms with Gasteiger partial charge in [0.1, 0.15) is 0 Å². The number of hydrogen-bond donors (Lipinski definition) is 1. The zero-order valence-electron chi connectivity index (χ0n) is 23.6. The molecule has 1 spiro atoms. The smallest absolute Gasteiger partial charge is 0.0938 e. The van der Waals surface area contributed by atoms with Crippen molar-refractivity contribution < 1.29 is 0 Å². The van der Waals surface area contributed by atoms with Gasteiger partial charge in [0.15, 0.2) is 0 Å². The first kappa shape index (κ1) is 24.9. The van der Waals surface area contributed by atoms with Crippen LogP contribution in [-0.2, 0) is 5.41 Å². The summed E-state index contributed by atoms with van der Waals surface area (Å²) in [4.78, 5) is 7.75. The number of fused-ring (bicyclic) bond motifs is 9. The van der Waals surface area contributed by atoms with E-state index in [1.165, 1.54) is 43.2 Å². The average Bonchev–Trinajstić information content (AvgIpc) is 3.68. The van der Waals surface area contributed by atoms with Crippen molar-refractivity contribution in [1.29, 1.82) is 0 Å². The fraction of sp³-hybridized carbons (Fsp3) is 0.125. The highest BCUT2D eigenvalue weighted by Gasteiger charge is 2.55. The molecule has 1 N–H and O–H groups in total. The van der Waals surface area contributed by atoms with E-state index >= 15 is 0 Å². The second kappa shape index (κ2) is 9.72. The molecule has 0 saturated heterocycles. The van der Waals surface area contributed by atoms with Crippen LogP contribution in [0.3, 0.4) is 0 Å². The van der Waals surface area contributed by atoms with Gasteiger partial charge in [0.2, 0.25) is 0 Å². The molecule has 0 bridgehead atoms. The first-order valence-electron chi connectivity index (χ1n) is 15.1. The molecule has 2 aliphatic carbocycles. The number of allylic oxidation sites excluding steroid dienone is 6. The molecule has 0 amide bonds. The Morgan fingerprint density at radius 2 is 1.47 bits per heavy atom. The molecule has 206 valence electrons. The van der Waals surface area contributed by atoms with Gasteiger partial charge in [-0.25, -0.2) is 0 Å². The molecule has 3 aliphatic heterocycles. The van der Waals surface area contributed by atoms with E-state index in [-0.39, 0.29) is 17.5 Å². The molecule has 0 aromatic heterocycles. The fourth-order valence-corrected chi connectivity index (χ4v) is 9.12. The lowest BCUT2D eigenvalue weighted by Crippen LogP contribution is -2.37. The van der Waals surface area contributed by atoms with Crippen molar-refractivity contribution >= 4 is 23.2 Å². The summed E-state index contributed by atoms with van der Waals surface area (Å²) in [5, 5.41) is 3.79. The van der Waals surface area contributed by atoms with E-state index < -0.39 is 0 Å². The van der Waals surface area contributed by atoms with Crippen molar-refractivity contribution in [3.8, 4) is 0 Å². The highest BCUT2D eigenvalue weighted by Crippen LogP contribution is 2.64. The number of hydrogen-bond acceptors (Lipinski definition) is 3. The Bertz CT molecular complexity index is 1960. The van der Waals surface area contributed by atoms with E-state index in [4.69, 9.17) is 4.99 Å². The monoisotopic (exact) mass is 570 g/mol. The average molecular weight is 571 g/mol. The Balaban J connectivity index is 1.11. The summed E-state index contributed by atoms with van der Waals surface area (Å²) in [6.45, 7) is 0. The molecule has 5 atom stereocenters. The molecule has 4 aromatic carbocycles. The maximum Gasteiger partial charge on any atom is 0.0938 e. The molecule has 5 unspecified atom stereocenters. The van der Waals surface area contributed by atoms with Crippen LogP contribution < -0.4 is 5.32 Å². The summed E-state index contributed by atoms with van der Waals surface area (Å²) < 4.78 is 0. The zero-order valence-corrected chi connectivity index (χ0v) is 24.4. The number of rotatable bonds is 3. The van der Waals surface area contributed by atoms with Gasteiger partial charge in [-0.15, -0.1) is 0 Å². The third kappa shape index (κ3) is 3.71. The van der Waals surface area contributed by atoms with Gasteiger partial charge in [0.25, 0.3) is 0 Å². The van der Waals surface area contributed by atoms with E-state index in [1.807, 2.05) is 11.8 Å². The Morgan fingerprint density at radius 3 is 2.40 bits per heavy atom. The molecule has 43 heavy (non-hydrogen) atoms. The van der Waals surface area contributed by atoms with Crippen molar-refractivity contribution in [2.45, 2.75) is 33.2 Å². The highest BCUT2D eigenvalue weighted by atomic mass is 32.2. The second-order valence-corrected chi connectivity index (χ2v) is 13.0. The van der Waals surface area contributed by atoms with E-state index in [9.17, 15) is 0 Å². The van der Waals surface area contributed by atoms with Crippen LogP contribution in [0.2, 0.25) is 0 Å². The first-order chi connectivity index (χ1) is 21.3. The van der Waals surface area contributed by atoms with E-state index in [0.29, 0.717) is 11.8 Å². The largest absolute Gasteiger partial charge is 0.373 e. The molecular weight excluding hydrogens is 541 g/mol. The highest BCUT2D eigenvalue weighted by molar-refractivity contribution is 7.99. The molecule has 9 rings (SSSR count). The van der Waals surface area contributed by atoms with Gasteiger partial charge in [-0.2, -0.15) is 0 Å². The minimum absolute atomic E-state index is 0.0438. The predicted molar refractivity (Wildman–Crippen MR) is 178 cm³/mol. The van der Waals surface area contributed by atoms with Crippen molar-refractivity contribution in [3.63, 3.8) is 0 Å². The van der Waals surface area contributed by atoms with Crippen LogP contribution in [0.1, 0.15) is 45.3 Å². The predicted octanol–water partition coefficient (Wildman–Crippen LogP) is 8.95. The minimum atomic E-state index is -0.217. The Morgan fingerprint density at radius 1 is 0.674 bits per heavy atom. The number of aliphatic imine (C=N–C) groups is 1. The number of benzene rings is 4. The molecule has 3 heteroatoms. The van der Waals surface area contributed by atoms with Crippen LogP contribution in [0.25, 0.3) is 5.70 Å². The van der Waals surface area contributed by atoms with Crippen molar-refractivity contribution in [1.82, 2.24) is 5.32 Å². The lowest BCUT2D eigenvalue weighted by atomic mass is 9.63. The molecule has 5 aliphatic rings. The second-order valence-electron chi connectivity index (χ2n) is 11.9. The summed E-state index contributed by atoms with van der Waals surface area (Å²) >= 11 is 1.91. The molecule has 0 radical (unpaired) electrons. The molecule has 0 fully saturated rings. The summed E-state index contributed by atoms with van der Waals surface area (Å²) in [5.41, 5.74) is 10.2. The van der Waals surface area contributed by atoms with Gasteiger partial charge >= 0.3 is 0 Å². The van der Waals surface area contributed by atoms with Gasteiger partial charge in [0, 0.05) is 27.3 Å². The SMILES string of the molecule is C1=CC(C2=NC(c3ccccc3)C=C2)NC(c2ccc3c(c2)Sc2ccccc2C32c3ccccc3C3C=CC=CC32)=C1. The van der Waals surface area contributed by atoms with E-state index in [0.717, 1.165) is 11.4 Å². The molecule has 2 nitrogen and oxygen atoms in total. The molecule has 4 aromatic rings. The Hall–Kier alpha value is -4.60. The Labute approximate surface area is 257 Å². The van der Waals surface area contributed by atoms with Gasteiger partial charge in [-0.3, -0.25) is 4.99 Å². The summed E-state index contributed by atoms with van der Waals surface area (Å²) in [7, 11) is 0. The van der Waals surface area contributed by atoms with Crippen molar-refractivity contribution in [2.24, 2.45) is 10.9 Å². The first-order valence-corrected chi connectivity index (χ1v) is 15.9. The quantitative estimate of drug-likeness (QED) is 0.266. The topological polar surface area (TPSA) is 24.4 Å². The van der Waals surface area contributed by atoms with Gasteiger partial charge < -0.3 is 5.32 Å². The fourth-order valence-electron chi connectivity index (χ4n) is 7.87. The molecular formula is C40H30N2S. The lowest BCUT2D eigenvalue weighted by molar-refractivity contribution is 0.442. The molecule has 3 heterocycles.